The molecule has 1 aromatic carbocycles. The van der Waals surface area contributed by atoms with Gasteiger partial charge in [0.25, 0.3) is 0 Å². The van der Waals surface area contributed by atoms with Gasteiger partial charge in [0.15, 0.2) is 0 Å². The Morgan fingerprint density at radius 3 is 2.89 bits per heavy atom. The van der Waals surface area contributed by atoms with Crippen LogP contribution in [0.3, 0.4) is 0 Å². The highest BCUT2D eigenvalue weighted by Crippen LogP contribution is 2.17. The lowest BCUT2D eigenvalue weighted by Crippen LogP contribution is -2.13. The molecule has 0 saturated carbocycles. The number of para-hydroxylation sites is 1. The topological polar surface area (TPSA) is 21.3 Å². The summed E-state index contributed by atoms with van der Waals surface area (Å²) < 4.78 is 5.62. The molecule has 0 amide bonds. The Morgan fingerprint density at radius 1 is 1.22 bits per heavy atom. The van der Waals surface area contributed by atoms with Crippen LogP contribution in [0.2, 0.25) is 0 Å². The summed E-state index contributed by atoms with van der Waals surface area (Å²) >= 11 is 1.72. The lowest BCUT2D eigenvalue weighted by molar-refractivity contribution is 0.358. The van der Waals surface area contributed by atoms with E-state index in [1.807, 2.05) is 18.2 Å². The average Bonchev–Trinajstić information content (AvgIpc) is 2.91. The number of ether oxygens (including phenoxy) is 1. The second-order valence-corrected chi connectivity index (χ2v) is 4.72. The zero-order valence-electron chi connectivity index (χ0n) is 10.3. The molecule has 0 aliphatic rings. The normalized spacial score (nSPS) is 10.2. The SMILES string of the molecule is C=CCOc1ccccc1CNCc1ccsc1. The van der Waals surface area contributed by atoms with Crippen molar-refractivity contribution in [1.29, 1.82) is 0 Å². The molecule has 0 unspecified atom stereocenters. The molecule has 0 radical (unpaired) electrons. The van der Waals surface area contributed by atoms with Gasteiger partial charge in [0.1, 0.15) is 12.4 Å². The van der Waals surface area contributed by atoms with E-state index in [4.69, 9.17) is 4.74 Å². The molecule has 2 aromatic rings. The molecule has 0 fully saturated rings. The second-order valence-electron chi connectivity index (χ2n) is 3.94. The molecule has 0 aliphatic heterocycles. The number of nitrogens with one attached hydrogen (secondary N) is 1. The Kier molecular flexibility index (Phi) is 5.00. The molecule has 3 heteroatoms. The van der Waals surface area contributed by atoms with Crippen LogP contribution in [0.5, 0.6) is 5.75 Å². The van der Waals surface area contributed by atoms with Gasteiger partial charge >= 0.3 is 0 Å². The molecule has 1 heterocycles. The van der Waals surface area contributed by atoms with Crippen LogP contribution in [0.15, 0.2) is 53.7 Å². The summed E-state index contributed by atoms with van der Waals surface area (Å²) in [7, 11) is 0. The Bertz CT molecular complexity index is 479. The highest BCUT2D eigenvalue weighted by Gasteiger charge is 2.02. The maximum absolute atomic E-state index is 5.62. The van der Waals surface area contributed by atoms with Crippen molar-refractivity contribution in [1.82, 2.24) is 5.32 Å². The highest BCUT2D eigenvalue weighted by atomic mass is 32.1. The summed E-state index contributed by atoms with van der Waals surface area (Å²) in [6, 6.07) is 10.2. The monoisotopic (exact) mass is 259 g/mol. The molecule has 2 rings (SSSR count). The maximum atomic E-state index is 5.62. The summed E-state index contributed by atoms with van der Waals surface area (Å²) in [6.45, 7) is 5.90. The van der Waals surface area contributed by atoms with Gasteiger partial charge in [-0.1, -0.05) is 30.9 Å². The van der Waals surface area contributed by atoms with E-state index >= 15 is 0 Å². The predicted molar refractivity (Wildman–Crippen MR) is 77.0 cm³/mol. The fraction of sp³-hybridized carbons (Fsp3) is 0.200. The Morgan fingerprint density at radius 2 is 2.11 bits per heavy atom. The molecule has 2 nitrogen and oxygen atoms in total. The van der Waals surface area contributed by atoms with Gasteiger partial charge in [-0.25, -0.2) is 0 Å². The van der Waals surface area contributed by atoms with Crippen molar-refractivity contribution >= 4 is 11.3 Å². The molecule has 1 aromatic heterocycles. The lowest BCUT2D eigenvalue weighted by atomic mass is 10.2. The molecular weight excluding hydrogens is 242 g/mol. The minimum Gasteiger partial charge on any atom is -0.489 e. The number of hydrogen-bond acceptors (Lipinski definition) is 3. The molecule has 0 saturated heterocycles. The van der Waals surface area contributed by atoms with Crippen molar-refractivity contribution in [2.45, 2.75) is 13.1 Å². The van der Waals surface area contributed by atoms with Crippen LogP contribution >= 0.6 is 11.3 Å². The molecule has 0 bridgehead atoms. The zero-order chi connectivity index (χ0) is 12.6. The van der Waals surface area contributed by atoms with Crippen LogP contribution in [0.4, 0.5) is 0 Å². The van der Waals surface area contributed by atoms with E-state index in [0.29, 0.717) is 6.61 Å². The summed E-state index contributed by atoms with van der Waals surface area (Å²) in [5, 5.41) is 7.68. The largest absolute Gasteiger partial charge is 0.489 e. The van der Waals surface area contributed by atoms with Gasteiger partial charge in [-0.15, -0.1) is 0 Å². The third-order valence-corrected chi connectivity index (χ3v) is 3.29. The smallest absolute Gasteiger partial charge is 0.124 e. The predicted octanol–water partition coefficient (Wildman–Crippen LogP) is 3.60. The molecule has 0 atom stereocenters. The number of rotatable bonds is 7. The van der Waals surface area contributed by atoms with E-state index < -0.39 is 0 Å². The van der Waals surface area contributed by atoms with Crippen LogP contribution in [0.1, 0.15) is 11.1 Å². The van der Waals surface area contributed by atoms with Crippen LogP contribution in [0, 0.1) is 0 Å². The lowest BCUT2D eigenvalue weighted by Gasteiger charge is -2.10. The first-order valence-electron chi connectivity index (χ1n) is 5.93. The van der Waals surface area contributed by atoms with Gasteiger partial charge in [-0.2, -0.15) is 11.3 Å². The number of benzene rings is 1. The van der Waals surface area contributed by atoms with E-state index in [-0.39, 0.29) is 0 Å². The number of thiophene rings is 1. The minimum absolute atomic E-state index is 0.543. The van der Waals surface area contributed by atoms with Gasteiger partial charge in [0.2, 0.25) is 0 Å². The van der Waals surface area contributed by atoms with Gasteiger partial charge in [-0.3, -0.25) is 0 Å². The zero-order valence-corrected chi connectivity index (χ0v) is 11.1. The Labute approximate surface area is 112 Å². The van der Waals surface area contributed by atoms with Crippen molar-refractivity contribution < 1.29 is 4.74 Å². The number of hydrogen-bond donors (Lipinski definition) is 1. The Balaban J connectivity index is 1.89. The first kappa shape index (κ1) is 12.9. The van der Waals surface area contributed by atoms with Crippen molar-refractivity contribution in [3.8, 4) is 5.75 Å². The Hall–Kier alpha value is -1.58. The van der Waals surface area contributed by atoms with Crippen LogP contribution in [-0.2, 0) is 13.1 Å². The summed E-state index contributed by atoms with van der Waals surface area (Å²) in [4.78, 5) is 0. The summed E-state index contributed by atoms with van der Waals surface area (Å²) in [6.07, 6.45) is 1.76. The van der Waals surface area contributed by atoms with Crippen LogP contribution in [0.25, 0.3) is 0 Å². The van der Waals surface area contributed by atoms with Crippen molar-refractivity contribution in [3.63, 3.8) is 0 Å². The third-order valence-electron chi connectivity index (χ3n) is 2.55. The average molecular weight is 259 g/mol. The summed E-state index contributed by atoms with van der Waals surface area (Å²) in [5.74, 6) is 0.926. The van der Waals surface area contributed by atoms with Crippen molar-refractivity contribution in [2.24, 2.45) is 0 Å². The first-order chi connectivity index (χ1) is 8.90. The van der Waals surface area contributed by atoms with Crippen molar-refractivity contribution in [2.75, 3.05) is 6.61 Å². The fourth-order valence-electron chi connectivity index (χ4n) is 1.67. The van der Waals surface area contributed by atoms with Crippen molar-refractivity contribution in [3.05, 3.63) is 64.9 Å². The quantitative estimate of drug-likeness (QED) is 0.767. The highest BCUT2D eigenvalue weighted by molar-refractivity contribution is 7.07. The van der Waals surface area contributed by atoms with Gasteiger partial charge in [0, 0.05) is 18.7 Å². The molecule has 0 aliphatic carbocycles. The third kappa shape index (κ3) is 3.72. The van der Waals surface area contributed by atoms with E-state index in [1.165, 1.54) is 11.1 Å². The van der Waals surface area contributed by atoms with E-state index in [9.17, 15) is 0 Å². The second kappa shape index (κ2) is 6.99. The minimum atomic E-state index is 0.543. The van der Waals surface area contributed by atoms with E-state index in [2.05, 4.69) is 34.8 Å². The standard InChI is InChI=1S/C15H17NOS/c1-2-8-17-15-6-4-3-5-14(15)11-16-10-13-7-9-18-12-13/h2-7,9,12,16H,1,8,10-11H2. The van der Waals surface area contributed by atoms with E-state index in [1.54, 1.807) is 17.4 Å². The van der Waals surface area contributed by atoms with Gasteiger partial charge < -0.3 is 10.1 Å². The molecule has 94 valence electrons. The van der Waals surface area contributed by atoms with Crippen LogP contribution < -0.4 is 10.1 Å². The summed E-state index contributed by atoms with van der Waals surface area (Å²) in [5.41, 5.74) is 2.50. The fourth-order valence-corrected chi connectivity index (χ4v) is 2.34. The molecule has 18 heavy (non-hydrogen) atoms. The molecule has 1 N–H and O–H groups in total. The molecule has 0 spiro atoms. The van der Waals surface area contributed by atoms with E-state index in [0.717, 1.165) is 18.8 Å². The van der Waals surface area contributed by atoms with Crippen LogP contribution in [-0.4, -0.2) is 6.61 Å². The maximum Gasteiger partial charge on any atom is 0.124 e. The van der Waals surface area contributed by atoms with Gasteiger partial charge in [-0.05, 0) is 28.5 Å². The first-order valence-corrected chi connectivity index (χ1v) is 6.88. The molecular formula is C15H17NOS. The van der Waals surface area contributed by atoms with Gasteiger partial charge in [0.05, 0.1) is 0 Å².